The third-order valence-electron chi connectivity index (χ3n) is 6.49. The van der Waals surface area contributed by atoms with Gasteiger partial charge in [-0.05, 0) is 80.1 Å². The molecule has 1 fully saturated rings. The lowest BCUT2D eigenvalue weighted by Gasteiger charge is -2.34. The fourth-order valence-corrected chi connectivity index (χ4v) is 4.84. The zero-order valence-electron chi connectivity index (χ0n) is 21.4. The summed E-state index contributed by atoms with van der Waals surface area (Å²) >= 11 is 5.82. The van der Waals surface area contributed by atoms with Gasteiger partial charge in [0, 0.05) is 24.3 Å². The Bertz CT molecular complexity index is 1180. The summed E-state index contributed by atoms with van der Waals surface area (Å²) in [6, 6.07) is 23.5. The molecule has 3 aromatic carbocycles. The van der Waals surface area contributed by atoms with Crippen molar-refractivity contribution < 1.29 is 19.0 Å². The van der Waals surface area contributed by atoms with Gasteiger partial charge in [0.25, 0.3) is 5.91 Å². The highest BCUT2D eigenvalue weighted by Gasteiger charge is 2.22. The number of thiocarbonyl (C=S) groups is 1. The van der Waals surface area contributed by atoms with Crippen LogP contribution in [0.25, 0.3) is 0 Å². The van der Waals surface area contributed by atoms with Gasteiger partial charge in [0.05, 0.1) is 13.7 Å². The molecule has 0 atom stereocenters. The Labute approximate surface area is 224 Å². The van der Waals surface area contributed by atoms with Crippen LogP contribution in [0.15, 0.2) is 72.8 Å². The van der Waals surface area contributed by atoms with Gasteiger partial charge in [-0.15, -0.1) is 0 Å². The number of carbonyl (C=O) groups excluding carboxylic acids is 1. The maximum absolute atomic E-state index is 12.4. The van der Waals surface area contributed by atoms with Crippen LogP contribution in [0.3, 0.4) is 0 Å². The summed E-state index contributed by atoms with van der Waals surface area (Å²) in [6.07, 6.45) is 3.36. The van der Waals surface area contributed by atoms with Crippen molar-refractivity contribution in [2.45, 2.75) is 26.2 Å². The Morgan fingerprint density at radius 3 is 2.38 bits per heavy atom. The molecule has 4 rings (SSSR count). The summed E-state index contributed by atoms with van der Waals surface area (Å²) in [5.74, 6) is 2.23. The molecule has 0 aliphatic carbocycles. The molecule has 1 saturated heterocycles. The van der Waals surface area contributed by atoms with Crippen LogP contribution in [0.1, 0.15) is 30.9 Å². The Balaban J connectivity index is 1.28. The minimum Gasteiger partial charge on any atom is -0.494 e. The maximum Gasteiger partial charge on any atom is 0.262 e. The number of ether oxygens (including phenoxy) is 3. The zero-order chi connectivity index (χ0) is 26.0. The number of nitrogens with zero attached hydrogens (tertiary/aromatic N) is 1. The first-order chi connectivity index (χ1) is 18.1. The zero-order valence-corrected chi connectivity index (χ0v) is 22.3. The molecule has 1 heterocycles. The van der Waals surface area contributed by atoms with Crippen LogP contribution in [0.4, 0.5) is 5.69 Å². The lowest BCUT2D eigenvalue weighted by Crippen LogP contribution is -2.38. The largest absolute Gasteiger partial charge is 0.494 e. The van der Waals surface area contributed by atoms with E-state index in [4.69, 9.17) is 26.4 Å². The number of anilines is 1. The number of amides is 1. The number of hydrogen-bond acceptors (Lipinski definition) is 5. The first-order valence-electron chi connectivity index (χ1n) is 12.7. The number of likely N-dealkylation sites (tertiary alicyclic amines) is 1. The number of methoxy groups -OCH3 is 1. The number of carbonyl (C=O) groups is 1. The molecule has 0 aromatic heterocycles. The fraction of sp³-hybridized carbons (Fsp3) is 0.333. The van der Waals surface area contributed by atoms with Gasteiger partial charge in [0.1, 0.15) is 10.7 Å². The van der Waals surface area contributed by atoms with Crippen molar-refractivity contribution in [2.24, 2.45) is 5.92 Å². The number of nitrogens with one attached hydrogen (secondary N) is 1. The first kappa shape index (κ1) is 26.5. The van der Waals surface area contributed by atoms with Crippen molar-refractivity contribution in [3.8, 4) is 17.2 Å². The van der Waals surface area contributed by atoms with E-state index in [1.807, 2.05) is 37.3 Å². The molecule has 1 N–H and O–H groups in total. The van der Waals surface area contributed by atoms with Crippen LogP contribution in [0.5, 0.6) is 17.2 Å². The number of benzene rings is 3. The van der Waals surface area contributed by atoms with Gasteiger partial charge < -0.3 is 24.4 Å². The molecular formula is C30H34N2O4S. The van der Waals surface area contributed by atoms with E-state index in [9.17, 15) is 4.79 Å². The molecule has 0 bridgehead atoms. The van der Waals surface area contributed by atoms with E-state index >= 15 is 0 Å². The normalized spacial score (nSPS) is 13.6. The van der Waals surface area contributed by atoms with Crippen LogP contribution in [0.2, 0.25) is 0 Å². The molecular weight excluding hydrogens is 484 g/mol. The monoisotopic (exact) mass is 518 g/mol. The Morgan fingerprint density at radius 2 is 1.70 bits per heavy atom. The predicted octanol–water partition coefficient (Wildman–Crippen LogP) is 5.74. The van der Waals surface area contributed by atoms with E-state index in [2.05, 4.69) is 40.5 Å². The fourth-order valence-electron chi connectivity index (χ4n) is 4.53. The highest BCUT2D eigenvalue weighted by molar-refractivity contribution is 7.80. The maximum atomic E-state index is 12.4. The molecule has 0 saturated carbocycles. The van der Waals surface area contributed by atoms with E-state index in [1.54, 1.807) is 19.2 Å². The van der Waals surface area contributed by atoms with Crippen LogP contribution in [-0.2, 0) is 11.2 Å². The highest BCUT2D eigenvalue weighted by Crippen LogP contribution is 2.30. The van der Waals surface area contributed by atoms with Gasteiger partial charge in [0.2, 0.25) is 0 Å². The molecule has 1 aliphatic heterocycles. The van der Waals surface area contributed by atoms with Gasteiger partial charge >= 0.3 is 0 Å². The topological polar surface area (TPSA) is 60.0 Å². The van der Waals surface area contributed by atoms with Crippen LogP contribution >= 0.6 is 12.2 Å². The predicted molar refractivity (Wildman–Crippen MR) is 151 cm³/mol. The minimum atomic E-state index is -0.260. The van der Waals surface area contributed by atoms with Crippen molar-refractivity contribution >= 4 is 28.8 Å². The second kappa shape index (κ2) is 13.1. The Kier molecular flexibility index (Phi) is 9.38. The molecule has 1 amide bonds. The molecule has 194 valence electrons. The van der Waals surface area contributed by atoms with Gasteiger partial charge in [-0.25, -0.2) is 0 Å². The van der Waals surface area contributed by atoms with E-state index in [0.717, 1.165) is 48.7 Å². The molecule has 0 unspecified atom stereocenters. The van der Waals surface area contributed by atoms with Gasteiger partial charge in [-0.2, -0.15) is 0 Å². The van der Waals surface area contributed by atoms with Crippen molar-refractivity contribution in [3.05, 3.63) is 83.9 Å². The molecule has 1 aliphatic rings. The third-order valence-corrected chi connectivity index (χ3v) is 6.98. The van der Waals surface area contributed by atoms with Crippen LogP contribution in [-0.4, -0.2) is 49.2 Å². The molecule has 7 heteroatoms. The van der Waals surface area contributed by atoms with E-state index < -0.39 is 0 Å². The third kappa shape index (κ3) is 7.46. The standard InChI is InChI=1S/C30H34N2O4S/c1-3-35-26-12-10-25(11-13-26)31-29(33)21-36-27-14-9-24(20-28(27)34-2)30(37)32-17-15-23(16-18-32)19-22-7-5-4-6-8-22/h4-14,20,23H,3,15-19,21H2,1-2H3,(H,31,33). The summed E-state index contributed by atoms with van der Waals surface area (Å²) in [5, 5.41) is 2.82. The van der Waals surface area contributed by atoms with Crippen LogP contribution in [0, 0.1) is 5.92 Å². The molecule has 3 aromatic rings. The lowest BCUT2D eigenvalue weighted by molar-refractivity contribution is -0.118. The summed E-state index contributed by atoms with van der Waals surface area (Å²) in [4.78, 5) is 15.5. The minimum absolute atomic E-state index is 0.137. The molecule has 0 radical (unpaired) electrons. The number of hydrogen-bond donors (Lipinski definition) is 1. The molecule has 37 heavy (non-hydrogen) atoms. The smallest absolute Gasteiger partial charge is 0.262 e. The quantitative estimate of drug-likeness (QED) is 0.345. The summed E-state index contributed by atoms with van der Waals surface area (Å²) in [6.45, 7) is 4.28. The van der Waals surface area contributed by atoms with Crippen molar-refractivity contribution in [3.63, 3.8) is 0 Å². The van der Waals surface area contributed by atoms with Gasteiger partial charge in [-0.1, -0.05) is 42.5 Å². The van der Waals surface area contributed by atoms with Gasteiger partial charge in [0.15, 0.2) is 18.1 Å². The number of piperidine rings is 1. The highest BCUT2D eigenvalue weighted by atomic mass is 32.1. The van der Waals surface area contributed by atoms with Crippen molar-refractivity contribution in [2.75, 3.05) is 38.7 Å². The van der Waals surface area contributed by atoms with Crippen molar-refractivity contribution in [1.29, 1.82) is 0 Å². The first-order valence-corrected chi connectivity index (χ1v) is 13.1. The number of rotatable bonds is 10. The average Bonchev–Trinajstić information content (AvgIpc) is 2.93. The summed E-state index contributed by atoms with van der Waals surface area (Å²) < 4.78 is 16.7. The van der Waals surface area contributed by atoms with E-state index in [1.165, 1.54) is 5.56 Å². The summed E-state index contributed by atoms with van der Waals surface area (Å²) in [5.41, 5.74) is 2.99. The molecule has 0 spiro atoms. The Hall–Kier alpha value is -3.58. The second-order valence-electron chi connectivity index (χ2n) is 9.09. The second-order valence-corrected chi connectivity index (χ2v) is 9.47. The molecule has 6 nitrogen and oxygen atoms in total. The SMILES string of the molecule is CCOc1ccc(NC(=O)COc2ccc(C(=S)N3CCC(Cc4ccccc4)CC3)cc2OC)cc1. The van der Waals surface area contributed by atoms with E-state index in [0.29, 0.717) is 29.7 Å². The lowest BCUT2D eigenvalue weighted by atomic mass is 9.90. The van der Waals surface area contributed by atoms with Gasteiger partial charge in [-0.3, -0.25) is 4.79 Å². The summed E-state index contributed by atoms with van der Waals surface area (Å²) in [7, 11) is 1.59. The van der Waals surface area contributed by atoms with Crippen LogP contribution < -0.4 is 19.5 Å². The average molecular weight is 519 g/mol. The van der Waals surface area contributed by atoms with Crippen molar-refractivity contribution in [1.82, 2.24) is 4.90 Å². The Morgan fingerprint density at radius 1 is 0.973 bits per heavy atom. The van der Waals surface area contributed by atoms with E-state index in [-0.39, 0.29) is 12.5 Å².